The van der Waals surface area contributed by atoms with E-state index in [1.165, 1.54) is 10.9 Å². The number of carbonyl (C=O) groups excluding carboxylic acids is 1. The van der Waals surface area contributed by atoms with Crippen molar-refractivity contribution < 1.29 is 4.79 Å². The molecule has 0 N–H and O–H groups in total. The number of halogens is 1. The van der Waals surface area contributed by atoms with Gasteiger partial charge < -0.3 is 0 Å². The Balaban J connectivity index is 2.78. The number of alkyl halides is 1. The second kappa shape index (κ2) is 2.96. The predicted molar refractivity (Wildman–Crippen MR) is 41.2 cm³/mol. The summed E-state index contributed by atoms with van der Waals surface area (Å²) in [5, 5.41) is 0. The molecular formula is C6H7BrN2O. The predicted octanol–water partition coefficient (Wildman–Crippen LogP) is 1.31. The van der Waals surface area contributed by atoms with Crippen molar-refractivity contribution in [1.82, 2.24) is 9.55 Å². The second-order valence-corrected chi connectivity index (χ2v) is 3.30. The smallest absolute Gasteiger partial charge is 0.245 e. The van der Waals surface area contributed by atoms with Crippen LogP contribution in [0.25, 0.3) is 0 Å². The van der Waals surface area contributed by atoms with Crippen molar-refractivity contribution >= 4 is 21.8 Å². The van der Waals surface area contributed by atoms with E-state index in [2.05, 4.69) is 20.9 Å². The van der Waals surface area contributed by atoms with Crippen LogP contribution in [0.4, 0.5) is 0 Å². The minimum atomic E-state index is -0.151. The van der Waals surface area contributed by atoms with E-state index < -0.39 is 0 Å². The highest BCUT2D eigenvalue weighted by Crippen LogP contribution is 2.01. The zero-order chi connectivity index (χ0) is 7.56. The van der Waals surface area contributed by atoms with Crippen LogP contribution in [0, 0.1) is 0 Å². The lowest BCUT2D eigenvalue weighted by molar-refractivity contribution is 0.0917. The molecular weight excluding hydrogens is 196 g/mol. The Bertz CT molecular complexity index is 218. The quantitative estimate of drug-likeness (QED) is 0.645. The minimum Gasteiger partial charge on any atom is -0.275 e. The van der Waals surface area contributed by atoms with Gasteiger partial charge in [0, 0.05) is 12.4 Å². The van der Waals surface area contributed by atoms with E-state index in [0.29, 0.717) is 0 Å². The van der Waals surface area contributed by atoms with E-state index in [9.17, 15) is 4.79 Å². The Labute approximate surface area is 67.2 Å². The van der Waals surface area contributed by atoms with Crippen molar-refractivity contribution in [2.75, 3.05) is 0 Å². The summed E-state index contributed by atoms with van der Waals surface area (Å²) in [7, 11) is 0. The normalized spacial score (nSPS) is 13.0. The summed E-state index contributed by atoms with van der Waals surface area (Å²) in [5.74, 6) is -0.00231. The molecule has 0 saturated carbocycles. The molecule has 0 radical (unpaired) electrons. The lowest BCUT2D eigenvalue weighted by atomic mass is 10.4. The number of rotatable bonds is 1. The highest BCUT2D eigenvalue weighted by atomic mass is 79.9. The first kappa shape index (κ1) is 7.47. The number of hydrogen-bond donors (Lipinski definition) is 0. The lowest BCUT2D eigenvalue weighted by Crippen LogP contribution is -2.16. The molecule has 0 bridgehead atoms. The molecule has 0 fully saturated rings. The fourth-order valence-corrected chi connectivity index (χ4v) is 0.831. The van der Waals surface area contributed by atoms with Gasteiger partial charge in [0.1, 0.15) is 6.33 Å². The van der Waals surface area contributed by atoms with Gasteiger partial charge in [-0.3, -0.25) is 9.36 Å². The van der Waals surface area contributed by atoms with E-state index in [1.54, 1.807) is 19.3 Å². The van der Waals surface area contributed by atoms with Gasteiger partial charge in [0.05, 0.1) is 4.83 Å². The Morgan fingerprint density at radius 1 is 1.80 bits per heavy atom. The molecule has 1 rings (SSSR count). The van der Waals surface area contributed by atoms with Crippen LogP contribution in [-0.2, 0) is 0 Å². The van der Waals surface area contributed by atoms with E-state index in [-0.39, 0.29) is 10.7 Å². The van der Waals surface area contributed by atoms with E-state index in [4.69, 9.17) is 0 Å². The molecule has 0 spiro atoms. The van der Waals surface area contributed by atoms with Crippen molar-refractivity contribution in [2.45, 2.75) is 11.8 Å². The fraction of sp³-hybridized carbons (Fsp3) is 0.333. The topological polar surface area (TPSA) is 34.9 Å². The van der Waals surface area contributed by atoms with Gasteiger partial charge in [-0.15, -0.1) is 0 Å². The fourth-order valence-electron chi connectivity index (χ4n) is 0.595. The summed E-state index contributed by atoms with van der Waals surface area (Å²) in [5.41, 5.74) is 0. The monoisotopic (exact) mass is 202 g/mol. The number of hydrogen-bond acceptors (Lipinski definition) is 2. The SMILES string of the molecule is CC(Br)C(=O)n1ccnc1. The van der Waals surface area contributed by atoms with Gasteiger partial charge in [-0.25, -0.2) is 4.98 Å². The maximum atomic E-state index is 11.1. The van der Waals surface area contributed by atoms with Gasteiger partial charge in [-0.1, -0.05) is 15.9 Å². The summed E-state index contributed by atoms with van der Waals surface area (Å²) < 4.78 is 1.44. The van der Waals surface area contributed by atoms with Crippen LogP contribution < -0.4 is 0 Å². The zero-order valence-electron chi connectivity index (χ0n) is 5.49. The maximum absolute atomic E-state index is 11.1. The molecule has 1 aromatic heterocycles. The Morgan fingerprint density at radius 3 is 2.90 bits per heavy atom. The molecule has 0 aliphatic carbocycles. The second-order valence-electron chi connectivity index (χ2n) is 1.92. The van der Waals surface area contributed by atoms with Crippen LogP contribution in [0.2, 0.25) is 0 Å². The van der Waals surface area contributed by atoms with Gasteiger partial charge in [-0.2, -0.15) is 0 Å². The van der Waals surface area contributed by atoms with Crippen molar-refractivity contribution in [1.29, 1.82) is 0 Å². The molecule has 3 nitrogen and oxygen atoms in total. The van der Waals surface area contributed by atoms with Crippen molar-refractivity contribution in [3.63, 3.8) is 0 Å². The maximum Gasteiger partial charge on any atom is 0.245 e. The van der Waals surface area contributed by atoms with Gasteiger partial charge in [0.15, 0.2) is 0 Å². The number of aromatic nitrogens is 2. The molecule has 1 aromatic rings. The molecule has 1 unspecified atom stereocenters. The third-order valence-electron chi connectivity index (χ3n) is 1.10. The molecule has 1 atom stereocenters. The average molecular weight is 203 g/mol. The molecule has 0 amide bonds. The first-order valence-corrected chi connectivity index (χ1v) is 3.79. The first-order chi connectivity index (χ1) is 4.72. The van der Waals surface area contributed by atoms with Crippen LogP contribution in [-0.4, -0.2) is 20.3 Å². The number of imidazole rings is 1. The summed E-state index contributed by atoms with van der Waals surface area (Å²) in [4.78, 5) is 14.7. The molecule has 4 heteroatoms. The van der Waals surface area contributed by atoms with Gasteiger partial charge in [0.25, 0.3) is 0 Å². The van der Waals surface area contributed by atoms with E-state index in [0.717, 1.165) is 0 Å². The van der Waals surface area contributed by atoms with Crippen LogP contribution in [0.1, 0.15) is 11.7 Å². The summed E-state index contributed by atoms with van der Waals surface area (Å²) >= 11 is 3.16. The van der Waals surface area contributed by atoms with Crippen molar-refractivity contribution in [3.05, 3.63) is 18.7 Å². The molecule has 0 saturated heterocycles. The van der Waals surface area contributed by atoms with Gasteiger partial charge >= 0.3 is 0 Å². The lowest BCUT2D eigenvalue weighted by Gasteiger charge is -2.00. The molecule has 10 heavy (non-hydrogen) atoms. The van der Waals surface area contributed by atoms with Crippen LogP contribution >= 0.6 is 15.9 Å². The average Bonchev–Trinajstić information content (AvgIpc) is 2.36. The molecule has 0 aliphatic rings. The Hall–Kier alpha value is -0.640. The Morgan fingerprint density at radius 2 is 2.50 bits per heavy atom. The summed E-state index contributed by atoms with van der Waals surface area (Å²) in [6.45, 7) is 1.78. The van der Waals surface area contributed by atoms with Crippen molar-refractivity contribution in [3.8, 4) is 0 Å². The molecule has 0 aromatic carbocycles. The van der Waals surface area contributed by atoms with Gasteiger partial charge in [-0.05, 0) is 6.92 Å². The van der Waals surface area contributed by atoms with Crippen molar-refractivity contribution in [2.24, 2.45) is 0 Å². The zero-order valence-corrected chi connectivity index (χ0v) is 7.08. The van der Waals surface area contributed by atoms with E-state index >= 15 is 0 Å². The third-order valence-corrected chi connectivity index (χ3v) is 1.49. The van der Waals surface area contributed by atoms with Crippen LogP contribution in [0.3, 0.4) is 0 Å². The highest BCUT2D eigenvalue weighted by molar-refractivity contribution is 9.10. The standard InChI is InChI=1S/C6H7BrN2O/c1-5(7)6(10)9-3-2-8-4-9/h2-5H,1H3. The van der Waals surface area contributed by atoms with E-state index in [1.807, 2.05) is 0 Å². The summed E-state index contributed by atoms with van der Waals surface area (Å²) in [6, 6.07) is 0. The minimum absolute atomic E-state index is 0.00231. The number of carbonyl (C=O) groups is 1. The van der Waals surface area contributed by atoms with Gasteiger partial charge in [0.2, 0.25) is 5.91 Å². The molecule has 0 aliphatic heterocycles. The molecule has 1 heterocycles. The third kappa shape index (κ3) is 1.44. The largest absolute Gasteiger partial charge is 0.275 e. The van der Waals surface area contributed by atoms with Crippen LogP contribution in [0.15, 0.2) is 18.7 Å². The van der Waals surface area contributed by atoms with Crippen LogP contribution in [0.5, 0.6) is 0 Å². The first-order valence-electron chi connectivity index (χ1n) is 2.88. The highest BCUT2D eigenvalue weighted by Gasteiger charge is 2.09. The Kier molecular flexibility index (Phi) is 2.21. The molecule has 54 valence electrons. The summed E-state index contributed by atoms with van der Waals surface area (Å²) in [6.07, 6.45) is 4.69. The number of nitrogens with zero attached hydrogens (tertiary/aromatic N) is 2.